The van der Waals surface area contributed by atoms with E-state index in [1.807, 2.05) is 12.1 Å². The summed E-state index contributed by atoms with van der Waals surface area (Å²) in [6, 6.07) is 19.4. The third-order valence-corrected chi connectivity index (χ3v) is 6.92. The van der Waals surface area contributed by atoms with Gasteiger partial charge in [0.1, 0.15) is 18.0 Å². The molecule has 0 spiro atoms. The van der Waals surface area contributed by atoms with Gasteiger partial charge in [-0.05, 0) is 78.2 Å². The summed E-state index contributed by atoms with van der Waals surface area (Å²) >= 11 is 6.09. The molecule has 0 fully saturated rings. The molecule has 0 radical (unpaired) electrons. The molecule has 0 bridgehead atoms. The van der Waals surface area contributed by atoms with Crippen molar-refractivity contribution >= 4 is 39.4 Å². The molecule has 0 heterocycles. The van der Waals surface area contributed by atoms with Crippen LogP contribution in [-0.2, 0) is 14.8 Å². The van der Waals surface area contributed by atoms with Crippen LogP contribution in [0.5, 0.6) is 11.5 Å². The lowest BCUT2D eigenvalue weighted by molar-refractivity contribution is -0.119. The zero-order chi connectivity index (χ0) is 26.1. The summed E-state index contributed by atoms with van der Waals surface area (Å²) in [5.41, 5.74) is 3.37. The van der Waals surface area contributed by atoms with Crippen LogP contribution in [0.15, 0.2) is 82.8 Å². The highest BCUT2D eigenvalue weighted by Crippen LogP contribution is 2.27. The SMILES string of the molecule is COc1ccc(S(=O)(=O)N(CC(=O)N/N=C\c2ccc(OCC(C)C)cc2)c2cccc(Cl)c2)cc1. The predicted molar refractivity (Wildman–Crippen MR) is 141 cm³/mol. The lowest BCUT2D eigenvalue weighted by Gasteiger charge is -2.24. The van der Waals surface area contributed by atoms with E-state index in [1.54, 1.807) is 30.3 Å². The largest absolute Gasteiger partial charge is 0.497 e. The van der Waals surface area contributed by atoms with Crippen LogP contribution in [0.1, 0.15) is 19.4 Å². The zero-order valence-corrected chi connectivity index (χ0v) is 21.8. The van der Waals surface area contributed by atoms with Gasteiger partial charge in [0.25, 0.3) is 15.9 Å². The van der Waals surface area contributed by atoms with Crippen LogP contribution in [0, 0.1) is 5.92 Å². The first-order valence-electron chi connectivity index (χ1n) is 11.2. The molecule has 0 aromatic heterocycles. The second-order valence-corrected chi connectivity index (χ2v) is 10.5. The van der Waals surface area contributed by atoms with Gasteiger partial charge < -0.3 is 9.47 Å². The molecule has 3 rings (SSSR count). The third kappa shape index (κ3) is 7.47. The topological polar surface area (TPSA) is 97.3 Å². The number of carbonyl (C=O) groups is 1. The maximum Gasteiger partial charge on any atom is 0.264 e. The number of hydrogen-bond acceptors (Lipinski definition) is 6. The molecule has 1 amide bonds. The van der Waals surface area contributed by atoms with Crippen molar-refractivity contribution in [1.82, 2.24) is 5.43 Å². The van der Waals surface area contributed by atoms with Gasteiger partial charge in [0, 0.05) is 5.02 Å². The number of hydrogen-bond donors (Lipinski definition) is 1. The minimum atomic E-state index is -4.09. The average molecular weight is 530 g/mol. The summed E-state index contributed by atoms with van der Waals surface area (Å²) in [4.78, 5) is 12.7. The number of ether oxygens (including phenoxy) is 2. The first kappa shape index (κ1) is 27.0. The van der Waals surface area contributed by atoms with Gasteiger partial charge >= 0.3 is 0 Å². The third-order valence-electron chi connectivity index (χ3n) is 4.90. The normalized spacial score (nSPS) is 11.5. The highest BCUT2D eigenvalue weighted by atomic mass is 35.5. The molecule has 8 nitrogen and oxygen atoms in total. The second-order valence-electron chi connectivity index (χ2n) is 8.23. The number of sulfonamides is 1. The molecular weight excluding hydrogens is 502 g/mol. The number of halogens is 1. The zero-order valence-electron chi connectivity index (χ0n) is 20.2. The molecule has 3 aromatic carbocycles. The van der Waals surface area contributed by atoms with E-state index >= 15 is 0 Å². The van der Waals surface area contributed by atoms with Gasteiger partial charge in [-0.3, -0.25) is 9.10 Å². The number of amides is 1. The van der Waals surface area contributed by atoms with Crippen LogP contribution in [0.25, 0.3) is 0 Å². The number of hydrazone groups is 1. The summed E-state index contributed by atoms with van der Waals surface area (Å²) in [5, 5.41) is 4.29. The Morgan fingerprint density at radius 1 is 1.06 bits per heavy atom. The fraction of sp³-hybridized carbons (Fsp3) is 0.231. The van der Waals surface area contributed by atoms with Crippen molar-refractivity contribution in [3.8, 4) is 11.5 Å². The molecule has 0 saturated carbocycles. The summed E-state index contributed by atoms with van der Waals surface area (Å²) in [6.07, 6.45) is 1.46. The first-order valence-corrected chi connectivity index (χ1v) is 13.0. The van der Waals surface area contributed by atoms with E-state index in [9.17, 15) is 13.2 Å². The van der Waals surface area contributed by atoms with E-state index in [0.29, 0.717) is 23.3 Å². The van der Waals surface area contributed by atoms with Crippen molar-refractivity contribution in [1.29, 1.82) is 0 Å². The van der Waals surface area contributed by atoms with Crippen LogP contribution >= 0.6 is 11.6 Å². The van der Waals surface area contributed by atoms with Crippen molar-refractivity contribution < 1.29 is 22.7 Å². The summed E-state index contributed by atoms with van der Waals surface area (Å²) in [7, 11) is -2.60. The number of benzene rings is 3. The Balaban J connectivity index is 1.74. The van der Waals surface area contributed by atoms with Crippen LogP contribution in [0.2, 0.25) is 5.02 Å². The first-order chi connectivity index (χ1) is 17.2. The fourth-order valence-corrected chi connectivity index (χ4v) is 4.68. The van der Waals surface area contributed by atoms with Crippen LogP contribution in [-0.4, -0.2) is 40.8 Å². The Hall–Kier alpha value is -3.56. The van der Waals surface area contributed by atoms with E-state index in [-0.39, 0.29) is 10.6 Å². The standard InChI is InChI=1S/C26H28ClN3O5S/c1-19(2)18-35-24-9-7-20(8-10-24)16-28-29-26(31)17-30(22-6-4-5-21(27)15-22)36(32,33)25-13-11-23(34-3)12-14-25/h4-16,19H,17-18H2,1-3H3,(H,29,31)/b28-16-. The lowest BCUT2D eigenvalue weighted by Crippen LogP contribution is -2.39. The van der Waals surface area contributed by atoms with Crippen molar-refractivity contribution in [2.75, 3.05) is 24.6 Å². The number of methoxy groups -OCH3 is 1. The molecule has 10 heteroatoms. The molecule has 190 valence electrons. The van der Waals surface area contributed by atoms with Gasteiger partial charge in [-0.2, -0.15) is 5.10 Å². The van der Waals surface area contributed by atoms with Gasteiger partial charge in [-0.25, -0.2) is 13.8 Å². The Morgan fingerprint density at radius 2 is 1.72 bits per heavy atom. The average Bonchev–Trinajstić information content (AvgIpc) is 2.86. The molecule has 36 heavy (non-hydrogen) atoms. The predicted octanol–water partition coefficient (Wildman–Crippen LogP) is 4.73. The highest BCUT2D eigenvalue weighted by molar-refractivity contribution is 7.92. The van der Waals surface area contributed by atoms with E-state index in [1.165, 1.54) is 43.7 Å². The molecule has 0 aliphatic carbocycles. The molecule has 1 N–H and O–H groups in total. The molecule has 0 aliphatic rings. The van der Waals surface area contributed by atoms with Crippen molar-refractivity contribution in [2.45, 2.75) is 18.7 Å². The summed E-state index contributed by atoms with van der Waals surface area (Å²) in [6.45, 7) is 4.25. The van der Waals surface area contributed by atoms with Crippen molar-refractivity contribution in [3.05, 3.63) is 83.4 Å². The Morgan fingerprint density at radius 3 is 2.33 bits per heavy atom. The molecular formula is C26H28ClN3O5S. The van der Waals surface area contributed by atoms with Crippen LogP contribution in [0.3, 0.4) is 0 Å². The minimum absolute atomic E-state index is 0.000600. The van der Waals surface area contributed by atoms with E-state index < -0.39 is 22.5 Å². The minimum Gasteiger partial charge on any atom is -0.497 e. The van der Waals surface area contributed by atoms with Gasteiger partial charge in [-0.1, -0.05) is 31.5 Å². The summed E-state index contributed by atoms with van der Waals surface area (Å²) in [5.74, 6) is 1.04. The van der Waals surface area contributed by atoms with Gasteiger partial charge in [0.15, 0.2) is 0 Å². The number of anilines is 1. The lowest BCUT2D eigenvalue weighted by atomic mass is 10.2. The maximum atomic E-state index is 13.4. The molecule has 0 saturated heterocycles. The number of nitrogens with zero attached hydrogens (tertiary/aromatic N) is 2. The van der Waals surface area contributed by atoms with Gasteiger partial charge in [0.2, 0.25) is 0 Å². The van der Waals surface area contributed by atoms with Crippen LogP contribution in [0.4, 0.5) is 5.69 Å². The van der Waals surface area contributed by atoms with Crippen molar-refractivity contribution in [2.24, 2.45) is 11.0 Å². The molecule has 0 atom stereocenters. The quantitative estimate of drug-likeness (QED) is 0.286. The Kier molecular flexibility index (Phi) is 9.32. The molecule has 3 aromatic rings. The summed E-state index contributed by atoms with van der Waals surface area (Å²) < 4.78 is 38.6. The van der Waals surface area contributed by atoms with E-state index in [2.05, 4.69) is 24.4 Å². The molecule has 0 aliphatic heterocycles. The van der Waals surface area contributed by atoms with E-state index in [4.69, 9.17) is 21.1 Å². The monoisotopic (exact) mass is 529 g/mol. The Bertz CT molecular complexity index is 1290. The second kappa shape index (κ2) is 12.4. The smallest absolute Gasteiger partial charge is 0.264 e. The maximum absolute atomic E-state index is 13.4. The number of carbonyl (C=O) groups excluding carboxylic acids is 1. The number of nitrogens with one attached hydrogen (secondary N) is 1. The van der Waals surface area contributed by atoms with Crippen molar-refractivity contribution in [3.63, 3.8) is 0 Å². The number of rotatable bonds is 11. The Labute approximate surface area is 216 Å². The van der Waals surface area contributed by atoms with Gasteiger partial charge in [0.05, 0.1) is 30.5 Å². The van der Waals surface area contributed by atoms with Crippen LogP contribution < -0.4 is 19.2 Å². The highest BCUT2D eigenvalue weighted by Gasteiger charge is 2.27. The molecule has 0 unspecified atom stereocenters. The van der Waals surface area contributed by atoms with Gasteiger partial charge in [-0.15, -0.1) is 0 Å². The fourth-order valence-electron chi connectivity index (χ4n) is 3.08. The van der Waals surface area contributed by atoms with E-state index in [0.717, 1.165) is 15.6 Å².